The van der Waals surface area contributed by atoms with Crippen molar-refractivity contribution in [2.75, 3.05) is 6.26 Å². The SMILES string of the molecule is C=C(/C=C\C=C(/C)S(C)(=O)=O)C1CC(O)(c2ccc(OCc3c(-c4c(Cl)cccc4Cl)noc3C3CC3)cc2Cl)C1. The standard InChI is InChI=1S/C31H30Cl3NO5S/c1-18(6-4-7-19(2)41(3,37)38)21-15-31(36,16-21)24-13-12-22(14-27(24)34)39-17-23-29(35-40-30(23)20-10-11-20)28-25(32)8-5-9-26(28)33/h4-9,12-14,20-21,36H,1,10-11,15-17H2,2-3H3/b6-4-,19-7+. The van der Waals surface area contributed by atoms with Gasteiger partial charge in [-0.15, -0.1) is 0 Å². The summed E-state index contributed by atoms with van der Waals surface area (Å²) >= 11 is 19.5. The molecule has 0 aliphatic heterocycles. The van der Waals surface area contributed by atoms with Gasteiger partial charge in [-0.1, -0.05) is 76.4 Å². The molecule has 2 aliphatic carbocycles. The topological polar surface area (TPSA) is 89.6 Å². The molecule has 6 nitrogen and oxygen atoms in total. The van der Waals surface area contributed by atoms with Gasteiger partial charge in [0.2, 0.25) is 0 Å². The lowest BCUT2D eigenvalue weighted by Crippen LogP contribution is -2.41. The van der Waals surface area contributed by atoms with Crippen LogP contribution in [0, 0.1) is 5.92 Å². The Bertz CT molecular complexity index is 1640. The summed E-state index contributed by atoms with van der Waals surface area (Å²) < 4.78 is 35.0. The van der Waals surface area contributed by atoms with Crippen LogP contribution in [0.25, 0.3) is 11.3 Å². The molecule has 2 aromatic carbocycles. The lowest BCUT2D eigenvalue weighted by molar-refractivity contribution is -0.0672. The Kier molecular flexibility index (Phi) is 8.48. The zero-order valence-corrected chi connectivity index (χ0v) is 25.7. The molecule has 0 amide bonds. The third-order valence-electron chi connectivity index (χ3n) is 7.71. The van der Waals surface area contributed by atoms with Crippen molar-refractivity contribution in [2.24, 2.45) is 5.92 Å². The van der Waals surface area contributed by atoms with Crippen molar-refractivity contribution in [3.8, 4) is 17.0 Å². The van der Waals surface area contributed by atoms with Crippen LogP contribution >= 0.6 is 34.8 Å². The van der Waals surface area contributed by atoms with Gasteiger partial charge >= 0.3 is 0 Å². The molecule has 0 unspecified atom stereocenters. The van der Waals surface area contributed by atoms with Gasteiger partial charge < -0.3 is 14.4 Å². The molecule has 5 rings (SSSR count). The Balaban J connectivity index is 1.27. The number of benzene rings is 2. The van der Waals surface area contributed by atoms with Gasteiger partial charge in [0.15, 0.2) is 9.84 Å². The van der Waals surface area contributed by atoms with Crippen LogP contribution in [0.2, 0.25) is 15.1 Å². The minimum absolute atomic E-state index is 0.0553. The highest BCUT2D eigenvalue weighted by Gasteiger charge is 2.45. The van der Waals surface area contributed by atoms with E-state index < -0.39 is 15.4 Å². The Hall–Kier alpha value is -2.55. The average Bonchev–Trinajstić information content (AvgIpc) is 3.65. The lowest BCUT2D eigenvalue weighted by atomic mass is 9.65. The number of rotatable bonds is 10. The van der Waals surface area contributed by atoms with Gasteiger partial charge in [0, 0.05) is 28.2 Å². The van der Waals surface area contributed by atoms with Crippen molar-refractivity contribution in [2.45, 2.75) is 50.7 Å². The van der Waals surface area contributed by atoms with Crippen molar-refractivity contribution in [3.63, 3.8) is 0 Å². The van der Waals surface area contributed by atoms with E-state index in [0.29, 0.717) is 56.4 Å². The molecule has 0 atom stereocenters. The van der Waals surface area contributed by atoms with Gasteiger partial charge in [-0.05, 0) is 68.9 Å². The first-order valence-corrected chi connectivity index (χ1v) is 16.2. The van der Waals surface area contributed by atoms with Gasteiger partial charge in [-0.3, -0.25) is 0 Å². The number of aliphatic hydroxyl groups is 1. The fourth-order valence-electron chi connectivity index (χ4n) is 4.97. The molecule has 216 valence electrons. The number of hydrogen-bond acceptors (Lipinski definition) is 6. The quantitative estimate of drug-likeness (QED) is 0.225. The normalized spacial score (nSPS) is 21.2. The molecule has 0 saturated heterocycles. The summed E-state index contributed by atoms with van der Waals surface area (Å²) in [5.74, 6) is 1.68. The van der Waals surface area contributed by atoms with Gasteiger partial charge in [-0.25, -0.2) is 8.42 Å². The summed E-state index contributed by atoms with van der Waals surface area (Å²) in [6.07, 6.45) is 9.12. The van der Waals surface area contributed by atoms with E-state index in [9.17, 15) is 13.5 Å². The summed E-state index contributed by atoms with van der Waals surface area (Å²) in [7, 11) is -3.22. The first-order chi connectivity index (χ1) is 19.4. The molecule has 10 heteroatoms. The van der Waals surface area contributed by atoms with E-state index in [1.807, 2.05) is 0 Å². The van der Waals surface area contributed by atoms with E-state index in [0.717, 1.165) is 29.7 Å². The maximum atomic E-state index is 11.6. The molecular weight excluding hydrogens is 605 g/mol. The average molecular weight is 635 g/mol. The molecule has 2 fully saturated rings. The number of halogens is 3. The van der Waals surface area contributed by atoms with Crippen LogP contribution in [0.5, 0.6) is 5.75 Å². The van der Waals surface area contributed by atoms with Gasteiger partial charge in [-0.2, -0.15) is 0 Å². The minimum atomic E-state index is -3.22. The van der Waals surface area contributed by atoms with E-state index in [4.69, 9.17) is 44.1 Å². The Morgan fingerprint density at radius 1 is 1.17 bits per heavy atom. The molecule has 0 radical (unpaired) electrons. The van der Waals surface area contributed by atoms with E-state index >= 15 is 0 Å². The van der Waals surface area contributed by atoms with Crippen LogP contribution in [-0.2, 0) is 22.0 Å². The van der Waals surface area contributed by atoms with Crippen LogP contribution in [0.3, 0.4) is 0 Å². The largest absolute Gasteiger partial charge is 0.489 e. The molecule has 1 heterocycles. The van der Waals surface area contributed by atoms with Gasteiger partial charge in [0.25, 0.3) is 0 Å². The predicted molar refractivity (Wildman–Crippen MR) is 163 cm³/mol. The third-order valence-corrected chi connectivity index (χ3v) is 9.96. The molecular formula is C31H30Cl3NO5S. The Labute approximate surface area is 255 Å². The highest BCUT2D eigenvalue weighted by atomic mass is 35.5. The van der Waals surface area contributed by atoms with Gasteiger partial charge in [0.1, 0.15) is 23.8 Å². The number of nitrogens with zero attached hydrogens (tertiary/aromatic N) is 1. The fourth-order valence-corrected chi connectivity index (χ4v) is 6.22. The third kappa shape index (κ3) is 6.45. The summed E-state index contributed by atoms with van der Waals surface area (Å²) in [5.41, 5.74) is 2.33. The summed E-state index contributed by atoms with van der Waals surface area (Å²) in [6.45, 7) is 5.82. The van der Waals surface area contributed by atoms with Crippen molar-refractivity contribution < 1.29 is 22.8 Å². The first kappa shape index (κ1) is 29.9. The molecule has 2 saturated carbocycles. The molecule has 3 aromatic rings. The van der Waals surface area contributed by atoms with Crippen molar-refractivity contribution in [1.29, 1.82) is 0 Å². The van der Waals surface area contributed by atoms with Crippen LogP contribution < -0.4 is 4.74 Å². The summed E-state index contributed by atoms with van der Waals surface area (Å²) in [4.78, 5) is 0.275. The van der Waals surface area contributed by atoms with Crippen LogP contribution in [-0.4, -0.2) is 24.9 Å². The van der Waals surface area contributed by atoms with E-state index in [1.54, 1.807) is 61.5 Å². The number of sulfone groups is 1. The van der Waals surface area contributed by atoms with Crippen molar-refractivity contribution in [1.82, 2.24) is 5.16 Å². The Morgan fingerprint density at radius 2 is 1.85 bits per heavy atom. The van der Waals surface area contributed by atoms with E-state index in [-0.39, 0.29) is 17.4 Å². The second kappa shape index (κ2) is 11.6. The maximum Gasteiger partial charge on any atom is 0.171 e. The number of hydrogen-bond donors (Lipinski definition) is 1. The monoisotopic (exact) mass is 633 g/mol. The van der Waals surface area contributed by atoms with Gasteiger partial charge in [0.05, 0.1) is 26.2 Å². The zero-order chi connectivity index (χ0) is 29.5. The van der Waals surface area contributed by atoms with Crippen LogP contribution in [0.1, 0.15) is 55.4 Å². The maximum absolute atomic E-state index is 11.6. The Morgan fingerprint density at radius 3 is 2.46 bits per heavy atom. The summed E-state index contributed by atoms with van der Waals surface area (Å²) in [5, 5.41) is 16.9. The smallest absolute Gasteiger partial charge is 0.171 e. The number of aromatic nitrogens is 1. The van der Waals surface area contributed by atoms with Crippen LogP contribution in [0.15, 0.2) is 76.2 Å². The molecule has 1 N–H and O–H groups in total. The van der Waals surface area contributed by atoms with E-state index in [1.165, 1.54) is 6.26 Å². The highest BCUT2D eigenvalue weighted by Crippen LogP contribution is 2.51. The fraction of sp³-hybridized carbons (Fsp3) is 0.323. The molecule has 2 aliphatic rings. The molecule has 41 heavy (non-hydrogen) atoms. The second-order valence-corrected chi connectivity index (χ2v) is 14.2. The minimum Gasteiger partial charge on any atom is -0.489 e. The number of allylic oxidation sites excluding steroid dienone is 5. The highest BCUT2D eigenvalue weighted by molar-refractivity contribution is 7.94. The zero-order valence-electron chi connectivity index (χ0n) is 22.7. The van der Waals surface area contributed by atoms with Crippen molar-refractivity contribution in [3.05, 3.63) is 104 Å². The molecule has 0 bridgehead atoms. The molecule has 1 aromatic heterocycles. The summed E-state index contributed by atoms with van der Waals surface area (Å²) in [6, 6.07) is 10.6. The van der Waals surface area contributed by atoms with Crippen molar-refractivity contribution >= 4 is 44.6 Å². The second-order valence-electron chi connectivity index (χ2n) is 10.8. The molecule has 0 spiro atoms. The predicted octanol–water partition coefficient (Wildman–Crippen LogP) is 8.42. The van der Waals surface area contributed by atoms with Crippen LogP contribution in [0.4, 0.5) is 0 Å². The lowest BCUT2D eigenvalue weighted by Gasteiger charge is -2.45. The number of ether oxygens (including phenoxy) is 1. The first-order valence-electron chi connectivity index (χ1n) is 13.2. The van der Waals surface area contributed by atoms with E-state index in [2.05, 4.69) is 11.7 Å².